The van der Waals surface area contributed by atoms with Gasteiger partial charge >= 0.3 is 0 Å². The molecule has 1 aliphatic carbocycles. The fourth-order valence-electron chi connectivity index (χ4n) is 1.54. The maximum atomic E-state index is 2.35. The predicted molar refractivity (Wildman–Crippen MR) is 59.7 cm³/mol. The van der Waals surface area contributed by atoms with Crippen molar-refractivity contribution >= 4 is 0 Å². The lowest BCUT2D eigenvalue weighted by atomic mass is 10.1. The van der Waals surface area contributed by atoms with Gasteiger partial charge in [0.1, 0.15) is 0 Å². The Morgan fingerprint density at radius 2 is 2.00 bits per heavy atom. The summed E-state index contributed by atoms with van der Waals surface area (Å²) in [6.45, 7) is 4.42. The van der Waals surface area contributed by atoms with Gasteiger partial charge < -0.3 is 0 Å². The number of hydrogen-bond donors (Lipinski definition) is 0. The molecule has 0 amide bonds. The molecule has 72 valence electrons. The van der Waals surface area contributed by atoms with E-state index < -0.39 is 0 Å². The Balaban J connectivity index is 2.35. The molecule has 0 unspecified atom stereocenters. The summed E-state index contributed by atoms with van der Waals surface area (Å²) in [6.07, 6.45) is 15.5. The minimum atomic E-state index is 1.11. The molecule has 13 heavy (non-hydrogen) atoms. The van der Waals surface area contributed by atoms with Crippen molar-refractivity contribution in [1.29, 1.82) is 0 Å². The Hall–Kier alpha value is -0.780. The predicted octanol–water partition coefficient (Wildman–Crippen LogP) is 4.40. The smallest absolute Gasteiger partial charge is 0.0158 e. The van der Waals surface area contributed by atoms with Crippen LogP contribution in [0, 0.1) is 0 Å². The van der Waals surface area contributed by atoms with Crippen LogP contribution in [0.1, 0.15) is 46.0 Å². The van der Waals surface area contributed by atoms with Crippen molar-refractivity contribution in [3.8, 4) is 0 Å². The van der Waals surface area contributed by atoms with E-state index in [-0.39, 0.29) is 0 Å². The minimum absolute atomic E-state index is 1.11. The van der Waals surface area contributed by atoms with E-state index in [1.165, 1.54) is 36.8 Å². The van der Waals surface area contributed by atoms with Crippen molar-refractivity contribution in [2.45, 2.75) is 46.0 Å². The summed E-state index contributed by atoms with van der Waals surface area (Å²) < 4.78 is 0. The molecule has 0 aromatic carbocycles. The van der Waals surface area contributed by atoms with Gasteiger partial charge in [0, 0.05) is 0 Å². The highest BCUT2D eigenvalue weighted by Crippen LogP contribution is 2.15. The van der Waals surface area contributed by atoms with Crippen LogP contribution in [0.25, 0.3) is 0 Å². The monoisotopic (exact) mass is 176 g/mol. The standard InChI is InChI=1S/C13H20/c1-3-4-5-8-13-9-6-7-12(2)10-11-13/h7,9-11H,3-6,8H2,1-2H3. The van der Waals surface area contributed by atoms with Crippen LogP contribution in [0.15, 0.2) is 35.5 Å². The third-order valence-electron chi connectivity index (χ3n) is 2.45. The highest BCUT2D eigenvalue weighted by Gasteiger charge is 1.95. The van der Waals surface area contributed by atoms with E-state index in [1.807, 2.05) is 0 Å². The molecule has 0 bridgehead atoms. The third-order valence-corrected chi connectivity index (χ3v) is 2.45. The minimum Gasteiger partial charge on any atom is -0.0778 e. The molecule has 1 rings (SSSR count). The number of unbranched alkanes of at least 4 members (excludes halogenated alkanes) is 2. The Labute approximate surface area is 82.0 Å². The Morgan fingerprint density at radius 1 is 1.15 bits per heavy atom. The van der Waals surface area contributed by atoms with Gasteiger partial charge in [-0.1, -0.05) is 55.2 Å². The van der Waals surface area contributed by atoms with Gasteiger partial charge in [0.15, 0.2) is 0 Å². The number of rotatable bonds is 4. The molecule has 0 atom stereocenters. The molecular weight excluding hydrogens is 156 g/mol. The van der Waals surface area contributed by atoms with Crippen LogP contribution in [0.3, 0.4) is 0 Å². The largest absolute Gasteiger partial charge is 0.0778 e. The quantitative estimate of drug-likeness (QED) is 0.557. The van der Waals surface area contributed by atoms with Gasteiger partial charge in [-0.15, -0.1) is 0 Å². The van der Waals surface area contributed by atoms with Crippen LogP contribution < -0.4 is 0 Å². The number of hydrogen-bond acceptors (Lipinski definition) is 0. The van der Waals surface area contributed by atoms with Gasteiger partial charge in [-0.3, -0.25) is 0 Å². The van der Waals surface area contributed by atoms with Gasteiger partial charge in [-0.05, 0) is 26.2 Å². The molecule has 0 aliphatic heterocycles. The van der Waals surface area contributed by atoms with E-state index in [0.717, 1.165) is 6.42 Å². The summed E-state index contributed by atoms with van der Waals surface area (Å²) in [5, 5.41) is 0. The van der Waals surface area contributed by atoms with Crippen LogP contribution in [-0.2, 0) is 0 Å². The fourth-order valence-corrected chi connectivity index (χ4v) is 1.54. The summed E-state index contributed by atoms with van der Waals surface area (Å²) >= 11 is 0. The molecule has 0 fully saturated rings. The molecule has 0 heterocycles. The van der Waals surface area contributed by atoms with Crippen molar-refractivity contribution in [1.82, 2.24) is 0 Å². The van der Waals surface area contributed by atoms with E-state index >= 15 is 0 Å². The van der Waals surface area contributed by atoms with Crippen molar-refractivity contribution in [2.75, 3.05) is 0 Å². The van der Waals surface area contributed by atoms with E-state index in [2.05, 4.69) is 38.2 Å². The molecule has 0 saturated carbocycles. The first-order valence-electron chi connectivity index (χ1n) is 5.37. The van der Waals surface area contributed by atoms with Crippen molar-refractivity contribution < 1.29 is 0 Å². The van der Waals surface area contributed by atoms with Crippen molar-refractivity contribution in [3.05, 3.63) is 35.5 Å². The molecule has 0 N–H and O–H groups in total. The highest BCUT2D eigenvalue weighted by atomic mass is 14.0. The zero-order valence-electron chi connectivity index (χ0n) is 8.84. The number of allylic oxidation sites excluding steroid dienone is 6. The lowest BCUT2D eigenvalue weighted by Crippen LogP contribution is -1.79. The Morgan fingerprint density at radius 3 is 2.77 bits per heavy atom. The molecule has 0 spiro atoms. The topological polar surface area (TPSA) is 0 Å². The first kappa shape index (κ1) is 10.3. The summed E-state index contributed by atoms with van der Waals surface area (Å²) in [5.74, 6) is 0. The van der Waals surface area contributed by atoms with E-state index in [0.29, 0.717) is 0 Å². The maximum absolute atomic E-state index is 2.35. The van der Waals surface area contributed by atoms with E-state index in [1.54, 1.807) is 0 Å². The van der Waals surface area contributed by atoms with Gasteiger partial charge in [-0.2, -0.15) is 0 Å². The maximum Gasteiger partial charge on any atom is -0.0158 e. The third kappa shape index (κ3) is 4.12. The molecule has 0 heteroatoms. The summed E-state index contributed by atoms with van der Waals surface area (Å²) in [6, 6.07) is 0. The molecule has 0 aromatic rings. The van der Waals surface area contributed by atoms with Crippen molar-refractivity contribution in [2.24, 2.45) is 0 Å². The first-order chi connectivity index (χ1) is 6.33. The lowest BCUT2D eigenvalue weighted by Gasteiger charge is -1.99. The summed E-state index contributed by atoms with van der Waals surface area (Å²) in [4.78, 5) is 0. The molecule has 0 saturated heterocycles. The first-order valence-corrected chi connectivity index (χ1v) is 5.37. The SMILES string of the molecule is CCCCCC1=CCC=C(C)C=C1. The molecule has 1 aliphatic rings. The van der Waals surface area contributed by atoms with Crippen LogP contribution in [0.4, 0.5) is 0 Å². The second kappa shape index (κ2) is 5.80. The van der Waals surface area contributed by atoms with Gasteiger partial charge in [0.2, 0.25) is 0 Å². The second-order valence-corrected chi connectivity index (χ2v) is 3.75. The average Bonchev–Trinajstić information content (AvgIpc) is 2.32. The highest BCUT2D eigenvalue weighted by molar-refractivity contribution is 5.30. The van der Waals surface area contributed by atoms with Gasteiger partial charge in [0.25, 0.3) is 0 Å². The Kier molecular flexibility index (Phi) is 4.59. The summed E-state index contributed by atoms with van der Waals surface area (Å²) in [7, 11) is 0. The van der Waals surface area contributed by atoms with Gasteiger partial charge in [0.05, 0.1) is 0 Å². The lowest BCUT2D eigenvalue weighted by molar-refractivity contribution is 0.718. The van der Waals surface area contributed by atoms with Crippen molar-refractivity contribution in [3.63, 3.8) is 0 Å². The normalized spacial score (nSPS) is 16.5. The van der Waals surface area contributed by atoms with Crippen LogP contribution >= 0.6 is 0 Å². The average molecular weight is 176 g/mol. The fraction of sp³-hybridized carbons (Fsp3) is 0.538. The zero-order chi connectivity index (χ0) is 9.52. The van der Waals surface area contributed by atoms with Crippen LogP contribution in [0.5, 0.6) is 0 Å². The van der Waals surface area contributed by atoms with E-state index in [9.17, 15) is 0 Å². The second-order valence-electron chi connectivity index (χ2n) is 3.75. The van der Waals surface area contributed by atoms with Crippen LogP contribution in [-0.4, -0.2) is 0 Å². The molecule has 0 aromatic heterocycles. The van der Waals surface area contributed by atoms with Crippen LogP contribution in [0.2, 0.25) is 0 Å². The molecule has 0 radical (unpaired) electrons. The Bertz CT molecular complexity index is 228. The van der Waals surface area contributed by atoms with E-state index in [4.69, 9.17) is 0 Å². The molecule has 0 nitrogen and oxygen atoms in total. The van der Waals surface area contributed by atoms with Gasteiger partial charge in [-0.25, -0.2) is 0 Å². The summed E-state index contributed by atoms with van der Waals surface area (Å²) in [5.41, 5.74) is 2.91. The molecular formula is C13H20. The zero-order valence-corrected chi connectivity index (χ0v) is 8.84.